The Morgan fingerprint density at radius 1 is 1.05 bits per heavy atom. The molecule has 0 bridgehead atoms. The van der Waals surface area contributed by atoms with Crippen LogP contribution >= 0.6 is 0 Å². The highest BCUT2D eigenvalue weighted by Crippen LogP contribution is 2.24. The van der Waals surface area contributed by atoms with Gasteiger partial charge in [0, 0.05) is 16.2 Å². The standard InChI is InChI=1S/C15H12N2O2/c1-8(18)11-5-3-10-4-6-12(9(2)19)15-13(10)14(11)16-7-17-15/h3-7,18H,1-2H3/b11-8-. The van der Waals surface area contributed by atoms with Crippen molar-refractivity contribution in [3.63, 3.8) is 0 Å². The maximum atomic E-state index is 11.7. The van der Waals surface area contributed by atoms with Crippen LogP contribution < -0.4 is 5.22 Å². The fourth-order valence-corrected chi connectivity index (χ4v) is 2.37. The Morgan fingerprint density at radius 3 is 2.42 bits per heavy atom. The summed E-state index contributed by atoms with van der Waals surface area (Å²) in [5.41, 5.74) is 1.89. The molecule has 1 aromatic heterocycles. The number of ketones is 1. The summed E-state index contributed by atoms with van der Waals surface area (Å²) in [7, 11) is 0. The van der Waals surface area contributed by atoms with Crippen molar-refractivity contribution in [1.29, 1.82) is 0 Å². The van der Waals surface area contributed by atoms with E-state index in [9.17, 15) is 9.90 Å². The van der Waals surface area contributed by atoms with Gasteiger partial charge in [0.05, 0.1) is 16.8 Å². The minimum absolute atomic E-state index is 0.0306. The van der Waals surface area contributed by atoms with Crippen molar-refractivity contribution < 1.29 is 9.90 Å². The molecule has 0 unspecified atom stereocenters. The molecule has 0 saturated heterocycles. The number of aliphatic hydroxyl groups is 1. The predicted molar refractivity (Wildman–Crippen MR) is 74.0 cm³/mol. The zero-order chi connectivity index (χ0) is 13.6. The van der Waals surface area contributed by atoms with E-state index in [1.165, 1.54) is 13.3 Å². The molecule has 0 atom stereocenters. The zero-order valence-corrected chi connectivity index (χ0v) is 10.6. The van der Waals surface area contributed by atoms with E-state index >= 15 is 0 Å². The van der Waals surface area contributed by atoms with E-state index in [1.54, 1.807) is 13.0 Å². The molecule has 0 spiro atoms. The molecule has 0 aliphatic rings. The van der Waals surface area contributed by atoms with Crippen LogP contribution in [0.2, 0.25) is 0 Å². The van der Waals surface area contributed by atoms with Gasteiger partial charge in [-0.3, -0.25) is 4.79 Å². The lowest BCUT2D eigenvalue weighted by atomic mass is 10.0. The third-order valence-electron chi connectivity index (χ3n) is 3.27. The second kappa shape index (κ2) is 4.02. The first-order chi connectivity index (χ1) is 9.09. The van der Waals surface area contributed by atoms with Crippen molar-refractivity contribution >= 4 is 33.3 Å². The molecule has 4 nitrogen and oxygen atoms in total. The van der Waals surface area contributed by atoms with Gasteiger partial charge < -0.3 is 5.11 Å². The zero-order valence-electron chi connectivity index (χ0n) is 10.6. The maximum absolute atomic E-state index is 11.7. The minimum atomic E-state index is -0.0306. The second-order valence-electron chi connectivity index (χ2n) is 4.54. The van der Waals surface area contributed by atoms with E-state index in [0.717, 1.165) is 10.8 Å². The maximum Gasteiger partial charge on any atom is 0.161 e. The first-order valence-electron chi connectivity index (χ1n) is 5.96. The normalized spacial score (nSPS) is 12.9. The quantitative estimate of drug-likeness (QED) is 0.675. The van der Waals surface area contributed by atoms with Crippen LogP contribution in [0.4, 0.5) is 0 Å². The molecule has 0 amide bonds. The summed E-state index contributed by atoms with van der Waals surface area (Å²) in [5.74, 6) is 0.173. The third-order valence-corrected chi connectivity index (χ3v) is 3.27. The molecule has 19 heavy (non-hydrogen) atoms. The number of aromatic nitrogens is 2. The Kier molecular flexibility index (Phi) is 2.45. The molecule has 3 rings (SSSR count). The van der Waals surface area contributed by atoms with Gasteiger partial charge in [0.15, 0.2) is 5.78 Å². The fraction of sp³-hybridized carbons (Fsp3) is 0.133. The Hall–Kier alpha value is -2.49. The van der Waals surface area contributed by atoms with Crippen molar-refractivity contribution in [2.45, 2.75) is 13.8 Å². The lowest BCUT2D eigenvalue weighted by Gasteiger charge is -2.07. The average molecular weight is 252 g/mol. The summed E-state index contributed by atoms with van der Waals surface area (Å²) in [6.07, 6.45) is 1.43. The molecule has 1 heterocycles. The number of carbonyl (C=O) groups is 1. The molecule has 94 valence electrons. The van der Waals surface area contributed by atoms with Crippen LogP contribution in [0.5, 0.6) is 0 Å². The molecule has 0 aliphatic carbocycles. The van der Waals surface area contributed by atoms with Gasteiger partial charge in [-0.05, 0) is 31.4 Å². The Bertz CT molecular complexity index is 865. The van der Waals surface area contributed by atoms with E-state index < -0.39 is 0 Å². The predicted octanol–water partition coefficient (Wildman–Crippen LogP) is 2.39. The van der Waals surface area contributed by atoms with Crippen LogP contribution in [-0.2, 0) is 0 Å². The first-order valence-corrected chi connectivity index (χ1v) is 5.96. The van der Waals surface area contributed by atoms with E-state index in [-0.39, 0.29) is 11.5 Å². The molecule has 0 radical (unpaired) electrons. The van der Waals surface area contributed by atoms with Gasteiger partial charge in [0.25, 0.3) is 0 Å². The molecule has 3 aromatic rings. The van der Waals surface area contributed by atoms with Crippen LogP contribution in [0.25, 0.3) is 27.6 Å². The van der Waals surface area contributed by atoms with Gasteiger partial charge >= 0.3 is 0 Å². The van der Waals surface area contributed by atoms with Gasteiger partial charge in [-0.2, -0.15) is 0 Å². The number of aliphatic hydroxyl groups excluding tert-OH is 1. The fourth-order valence-electron chi connectivity index (χ4n) is 2.37. The van der Waals surface area contributed by atoms with Crippen molar-refractivity contribution in [2.24, 2.45) is 0 Å². The summed E-state index contributed by atoms with van der Waals surface area (Å²) in [6, 6.07) is 7.39. The van der Waals surface area contributed by atoms with Crippen LogP contribution in [0.3, 0.4) is 0 Å². The number of nitrogens with zero attached hydrogens (tertiary/aromatic N) is 2. The number of carbonyl (C=O) groups excluding carboxylic acids is 1. The van der Waals surface area contributed by atoms with Gasteiger partial charge in [-0.25, -0.2) is 9.97 Å². The van der Waals surface area contributed by atoms with Crippen LogP contribution in [0, 0.1) is 0 Å². The van der Waals surface area contributed by atoms with E-state index in [4.69, 9.17) is 0 Å². The SMILES string of the molecule is CC(=O)c1ccc2cc/c(=C(\C)O)c3ncnc1c23. The van der Waals surface area contributed by atoms with Crippen LogP contribution in [0.15, 0.2) is 30.6 Å². The Morgan fingerprint density at radius 2 is 1.74 bits per heavy atom. The van der Waals surface area contributed by atoms with Gasteiger partial charge in [0.2, 0.25) is 0 Å². The number of hydrogen-bond acceptors (Lipinski definition) is 4. The van der Waals surface area contributed by atoms with Crippen LogP contribution in [-0.4, -0.2) is 20.9 Å². The topological polar surface area (TPSA) is 63.1 Å². The second-order valence-corrected chi connectivity index (χ2v) is 4.54. The average Bonchev–Trinajstić information content (AvgIpc) is 2.39. The highest BCUT2D eigenvalue weighted by atomic mass is 16.3. The van der Waals surface area contributed by atoms with E-state index in [1.807, 2.05) is 18.2 Å². The Labute approximate surface area is 109 Å². The largest absolute Gasteiger partial charge is 0.512 e. The summed E-state index contributed by atoms with van der Waals surface area (Å²) in [5, 5.41) is 12.2. The monoisotopic (exact) mass is 252 g/mol. The van der Waals surface area contributed by atoms with E-state index in [0.29, 0.717) is 21.8 Å². The molecule has 4 heteroatoms. The first kappa shape index (κ1) is 11.6. The number of benzene rings is 2. The minimum Gasteiger partial charge on any atom is -0.512 e. The van der Waals surface area contributed by atoms with Crippen molar-refractivity contribution in [3.05, 3.63) is 41.4 Å². The van der Waals surface area contributed by atoms with Crippen molar-refractivity contribution in [3.8, 4) is 0 Å². The number of rotatable bonds is 1. The molecular formula is C15H12N2O2. The summed E-state index contributed by atoms with van der Waals surface area (Å²) >= 11 is 0. The smallest absolute Gasteiger partial charge is 0.161 e. The van der Waals surface area contributed by atoms with Crippen molar-refractivity contribution in [2.75, 3.05) is 0 Å². The summed E-state index contributed by atoms with van der Waals surface area (Å²) in [4.78, 5) is 20.1. The lowest BCUT2D eigenvalue weighted by molar-refractivity contribution is 0.101. The Balaban J connectivity index is 2.65. The molecule has 0 saturated carbocycles. The van der Waals surface area contributed by atoms with Gasteiger partial charge in [-0.15, -0.1) is 0 Å². The highest BCUT2D eigenvalue weighted by molar-refractivity contribution is 6.15. The highest BCUT2D eigenvalue weighted by Gasteiger charge is 2.12. The summed E-state index contributed by atoms with van der Waals surface area (Å²) in [6.45, 7) is 3.14. The molecule has 0 aliphatic heterocycles. The number of hydrogen-bond donors (Lipinski definition) is 1. The van der Waals surface area contributed by atoms with E-state index in [2.05, 4.69) is 9.97 Å². The summed E-state index contributed by atoms with van der Waals surface area (Å²) < 4.78 is 0. The molecule has 0 fully saturated rings. The number of Topliss-reactive ketones (excluding diaryl/α,β-unsaturated/α-hetero) is 1. The van der Waals surface area contributed by atoms with Crippen molar-refractivity contribution in [1.82, 2.24) is 9.97 Å². The van der Waals surface area contributed by atoms with Gasteiger partial charge in [0.1, 0.15) is 6.33 Å². The molecule has 2 aromatic carbocycles. The lowest BCUT2D eigenvalue weighted by Crippen LogP contribution is -2.09. The molecule has 1 N–H and O–H groups in total. The molecular weight excluding hydrogens is 240 g/mol. The van der Waals surface area contributed by atoms with Gasteiger partial charge in [-0.1, -0.05) is 12.1 Å². The van der Waals surface area contributed by atoms with Crippen LogP contribution in [0.1, 0.15) is 24.2 Å². The third kappa shape index (κ3) is 1.64.